The van der Waals surface area contributed by atoms with Crippen molar-refractivity contribution in [3.05, 3.63) is 47.0 Å². The van der Waals surface area contributed by atoms with Crippen LogP contribution in [0, 0.1) is 0 Å². The lowest BCUT2D eigenvalue weighted by Gasteiger charge is -2.25. The quantitative estimate of drug-likeness (QED) is 0.852. The first kappa shape index (κ1) is 17.1. The second kappa shape index (κ2) is 8.40. The predicted molar refractivity (Wildman–Crippen MR) is 99.3 cm³/mol. The lowest BCUT2D eigenvalue weighted by atomic mass is 9.98. The van der Waals surface area contributed by atoms with Crippen LogP contribution in [0.2, 0.25) is 0 Å². The molecule has 1 aliphatic rings. The van der Waals surface area contributed by atoms with Crippen LogP contribution < -0.4 is 5.32 Å². The Balaban J connectivity index is 1.49. The monoisotopic (exact) mass is 343 g/mol. The minimum atomic E-state index is 0.0326. The Morgan fingerprint density at radius 2 is 2.00 bits per heavy atom. The van der Waals surface area contributed by atoms with E-state index in [0.717, 1.165) is 25.3 Å². The first-order valence-electron chi connectivity index (χ1n) is 8.72. The van der Waals surface area contributed by atoms with Gasteiger partial charge < -0.3 is 5.32 Å². The zero-order valence-electron chi connectivity index (χ0n) is 14.2. The van der Waals surface area contributed by atoms with Crippen LogP contribution in [0.3, 0.4) is 0 Å². The van der Waals surface area contributed by atoms with Gasteiger partial charge in [0.1, 0.15) is 0 Å². The summed E-state index contributed by atoms with van der Waals surface area (Å²) in [4.78, 5) is 19.3. The molecule has 0 aliphatic carbocycles. The Morgan fingerprint density at radius 3 is 2.75 bits per heavy atom. The number of benzene rings is 1. The van der Waals surface area contributed by atoms with Crippen molar-refractivity contribution >= 4 is 22.4 Å². The molecule has 4 nitrogen and oxygen atoms in total. The van der Waals surface area contributed by atoms with E-state index in [1.807, 2.05) is 18.2 Å². The fraction of sp³-hybridized carbons (Fsp3) is 0.474. The van der Waals surface area contributed by atoms with Crippen LogP contribution in [0.1, 0.15) is 49.8 Å². The van der Waals surface area contributed by atoms with Crippen molar-refractivity contribution < 1.29 is 4.79 Å². The molecule has 2 aromatic rings. The lowest BCUT2D eigenvalue weighted by molar-refractivity contribution is -0.116. The number of likely N-dealkylation sites (tertiary alicyclic amines) is 1. The van der Waals surface area contributed by atoms with Gasteiger partial charge in [0.15, 0.2) is 5.13 Å². The van der Waals surface area contributed by atoms with Crippen molar-refractivity contribution in [3.63, 3.8) is 0 Å². The number of thiazole rings is 1. The number of piperidine rings is 1. The highest BCUT2D eigenvalue weighted by Crippen LogP contribution is 2.22. The lowest BCUT2D eigenvalue weighted by Crippen LogP contribution is -2.29. The summed E-state index contributed by atoms with van der Waals surface area (Å²) in [6, 6.07) is 10.2. The smallest absolute Gasteiger partial charge is 0.226 e. The zero-order chi connectivity index (χ0) is 16.8. The standard InChI is InChI=1S/C19H25N3OS/c1-15(16-8-4-2-5-9-16)12-18(23)21-19-20-17(14-24-19)13-22-10-6-3-7-11-22/h2,4-5,8-9,14-15H,3,6-7,10-13H2,1H3,(H,20,21,23). The highest BCUT2D eigenvalue weighted by Gasteiger charge is 2.15. The van der Waals surface area contributed by atoms with E-state index in [-0.39, 0.29) is 11.8 Å². The molecule has 3 rings (SSSR count). The largest absolute Gasteiger partial charge is 0.302 e. The third-order valence-corrected chi connectivity index (χ3v) is 5.30. The Kier molecular flexibility index (Phi) is 5.99. The van der Waals surface area contributed by atoms with Crippen molar-refractivity contribution in [3.8, 4) is 0 Å². The van der Waals surface area contributed by atoms with Crippen molar-refractivity contribution in [1.82, 2.24) is 9.88 Å². The highest BCUT2D eigenvalue weighted by atomic mass is 32.1. The highest BCUT2D eigenvalue weighted by molar-refractivity contribution is 7.13. The fourth-order valence-electron chi connectivity index (χ4n) is 3.13. The maximum atomic E-state index is 12.2. The summed E-state index contributed by atoms with van der Waals surface area (Å²) in [6.07, 6.45) is 4.38. The van der Waals surface area contributed by atoms with Gasteiger partial charge >= 0.3 is 0 Å². The van der Waals surface area contributed by atoms with E-state index in [9.17, 15) is 4.79 Å². The Hall–Kier alpha value is -1.72. The molecule has 1 aromatic heterocycles. The number of rotatable bonds is 6. The summed E-state index contributed by atoms with van der Waals surface area (Å²) in [7, 11) is 0. The number of aromatic nitrogens is 1. The molecule has 1 fully saturated rings. The Bertz CT molecular complexity index is 650. The summed E-state index contributed by atoms with van der Waals surface area (Å²) in [6.45, 7) is 5.30. The van der Waals surface area contributed by atoms with E-state index in [1.165, 1.54) is 36.2 Å². The number of amides is 1. The summed E-state index contributed by atoms with van der Waals surface area (Å²) < 4.78 is 0. The zero-order valence-corrected chi connectivity index (χ0v) is 15.0. The SMILES string of the molecule is CC(CC(=O)Nc1nc(CN2CCCCC2)cs1)c1ccccc1. The molecule has 24 heavy (non-hydrogen) atoms. The maximum Gasteiger partial charge on any atom is 0.226 e. The molecule has 1 saturated heterocycles. The normalized spacial score (nSPS) is 16.7. The number of carbonyl (C=O) groups excluding carboxylic acids is 1. The van der Waals surface area contributed by atoms with Gasteiger partial charge in [-0.1, -0.05) is 43.7 Å². The van der Waals surface area contributed by atoms with Crippen LogP contribution in [0.25, 0.3) is 0 Å². The van der Waals surface area contributed by atoms with E-state index in [0.29, 0.717) is 11.6 Å². The molecule has 5 heteroatoms. The molecule has 1 amide bonds. The molecule has 1 aromatic carbocycles. The molecule has 0 radical (unpaired) electrons. The summed E-state index contributed by atoms with van der Waals surface area (Å²) in [5.41, 5.74) is 2.26. The van der Waals surface area contributed by atoms with Crippen LogP contribution in [0.15, 0.2) is 35.7 Å². The maximum absolute atomic E-state index is 12.2. The molecule has 1 N–H and O–H groups in total. The number of carbonyl (C=O) groups is 1. The number of anilines is 1. The summed E-state index contributed by atoms with van der Waals surface area (Å²) >= 11 is 1.52. The van der Waals surface area contributed by atoms with E-state index < -0.39 is 0 Å². The van der Waals surface area contributed by atoms with Crippen molar-refractivity contribution in [2.45, 2.75) is 45.1 Å². The van der Waals surface area contributed by atoms with Gasteiger partial charge in [-0.2, -0.15) is 0 Å². The first-order valence-corrected chi connectivity index (χ1v) is 9.60. The van der Waals surface area contributed by atoms with Crippen molar-refractivity contribution in [2.24, 2.45) is 0 Å². The van der Waals surface area contributed by atoms with Gasteiger partial charge in [0.25, 0.3) is 0 Å². The second-order valence-electron chi connectivity index (χ2n) is 6.54. The molecule has 0 spiro atoms. The predicted octanol–water partition coefficient (Wildman–Crippen LogP) is 4.26. The summed E-state index contributed by atoms with van der Waals surface area (Å²) in [5, 5.41) is 5.73. The van der Waals surface area contributed by atoms with Gasteiger partial charge in [-0.05, 0) is 37.4 Å². The van der Waals surface area contributed by atoms with Gasteiger partial charge in [-0.25, -0.2) is 4.98 Å². The Labute approximate surface area is 147 Å². The summed E-state index contributed by atoms with van der Waals surface area (Å²) in [5.74, 6) is 0.240. The van der Waals surface area contributed by atoms with E-state index in [2.05, 4.69) is 39.6 Å². The minimum absolute atomic E-state index is 0.0326. The van der Waals surface area contributed by atoms with Gasteiger partial charge in [0, 0.05) is 18.3 Å². The molecule has 1 aliphatic heterocycles. The molecule has 128 valence electrons. The van der Waals surface area contributed by atoms with Gasteiger partial charge in [0.2, 0.25) is 5.91 Å². The van der Waals surface area contributed by atoms with Crippen LogP contribution in [-0.2, 0) is 11.3 Å². The van der Waals surface area contributed by atoms with Crippen LogP contribution >= 0.6 is 11.3 Å². The Morgan fingerprint density at radius 1 is 1.25 bits per heavy atom. The average Bonchev–Trinajstić information content (AvgIpc) is 3.03. The topological polar surface area (TPSA) is 45.2 Å². The molecule has 2 heterocycles. The van der Waals surface area contributed by atoms with Gasteiger partial charge in [0.05, 0.1) is 5.69 Å². The van der Waals surface area contributed by atoms with Crippen LogP contribution in [-0.4, -0.2) is 28.9 Å². The van der Waals surface area contributed by atoms with Crippen LogP contribution in [0.4, 0.5) is 5.13 Å². The van der Waals surface area contributed by atoms with Crippen molar-refractivity contribution in [1.29, 1.82) is 0 Å². The molecule has 1 unspecified atom stereocenters. The molecule has 1 atom stereocenters. The number of hydrogen-bond donors (Lipinski definition) is 1. The third kappa shape index (κ3) is 4.89. The second-order valence-corrected chi connectivity index (χ2v) is 7.40. The first-order chi connectivity index (χ1) is 11.7. The molecule has 0 saturated carbocycles. The molecular weight excluding hydrogens is 318 g/mol. The minimum Gasteiger partial charge on any atom is -0.302 e. The van der Waals surface area contributed by atoms with Gasteiger partial charge in [-0.15, -0.1) is 11.3 Å². The van der Waals surface area contributed by atoms with Crippen LogP contribution in [0.5, 0.6) is 0 Å². The molecule has 0 bridgehead atoms. The van der Waals surface area contributed by atoms with E-state index >= 15 is 0 Å². The number of nitrogens with one attached hydrogen (secondary N) is 1. The number of nitrogens with zero attached hydrogens (tertiary/aromatic N) is 2. The van der Waals surface area contributed by atoms with E-state index in [4.69, 9.17) is 0 Å². The fourth-order valence-corrected chi connectivity index (χ4v) is 3.85. The van der Waals surface area contributed by atoms with E-state index in [1.54, 1.807) is 0 Å². The third-order valence-electron chi connectivity index (χ3n) is 4.49. The average molecular weight is 343 g/mol. The van der Waals surface area contributed by atoms with Gasteiger partial charge in [-0.3, -0.25) is 9.69 Å². The number of hydrogen-bond acceptors (Lipinski definition) is 4. The van der Waals surface area contributed by atoms with Crippen molar-refractivity contribution in [2.75, 3.05) is 18.4 Å². The molecular formula is C19H25N3OS.